The van der Waals surface area contributed by atoms with Crippen molar-refractivity contribution in [1.29, 1.82) is 0 Å². The van der Waals surface area contributed by atoms with Crippen molar-refractivity contribution in [3.63, 3.8) is 0 Å². The molecule has 1 heterocycles. The lowest BCUT2D eigenvalue weighted by Crippen LogP contribution is -2.58. The van der Waals surface area contributed by atoms with Crippen molar-refractivity contribution < 1.29 is 14.7 Å². The highest BCUT2D eigenvalue weighted by atomic mass is 16.4. The Morgan fingerprint density at radius 3 is 2.29 bits per heavy atom. The van der Waals surface area contributed by atoms with Gasteiger partial charge in [-0.15, -0.1) is 0 Å². The average Bonchev–Trinajstić information content (AvgIpc) is 2.23. The maximum atomic E-state index is 11.6. The van der Waals surface area contributed by atoms with Crippen LogP contribution in [0.25, 0.3) is 0 Å². The zero-order valence-electron chi connectivity index (χ0n) is 10.6. The van der Waals surface area contributed by atoms with E-state index in [1.807, 2.05) is 5.01 Å². The van der Waals surface area contributed by atoms with E-state index in [0.717, 1.165) is 19.3 Å². The molecule has 1 rings (SSSR count). The van der Waals surface area contributed by atoms with Gasteiger partial charge in [-0.3, -0.25) is 10.2 Å². The highest BCUT2D eigenvalue weighted by Gasteiger charge is 2.26. The van der Waals surface area contributed by atoms with E-state index in [-0.39, 0.29) is 12.1 Å². The van der Waals surface area contributed by atoms with Gasteiger partial charge in [0.1, 0.15) is 6.04 Å². The summed E-state index contributed by atoms with van der Waals surface area (Å²) in [7, 11) is 0. The minimum Gasteiger partial charge on any atom is -0.480 e. The molecule has 0 aromatic carbocycles. The van der Waals surface area contributed by atoms with Gasteiger partial charge in [0.2, 0.25) is 0 Å². The minimum atomic E-state index is -1.04. The van der Waals surface area contributed by atoms with Crippen LogP contribution in [0.4, 0.5) is 4.79 Å². The molecule has 3 atom stereocenters. The van der Waals surface area contributed by atoms with Gasteiger partial charge in [-0.05, 0) is 33.6 Å². The number of nitrogens with zero attached hydrogens (tertiary/aromatic N) is 1. The standard InChI is InChI=1S/C11H21N3O3/c1-7-5-4-6-8(2)14(7)13-11(17)12-9(3)10(15)16/h7-9H,4-6H2,1-3H3,(H,15,16)(H2,12,13,17)/t7?,8?,9-/m1/s1. The lowest BCUT2D eigenvalue weighted by molar-refractivity contribution is -0.138. The summed E-state index contributed by atoms with van der Waals surface area (Å²) in [5, 5.41) is 13.0. The number of hydrogen-bond acceptors (Lipinski definition) is 3. The second kappa shape index (κ2) is 5.86. The van der Waals surface area contributed by atoms with Crippen LogP contribution in [0.5, 0.6) is 0 Å². The number of piperidine rings is 1. The molecule has 98 valence electrons. The number of urea groups is 1. The fourth-order valence-corrected chi connectivity index (χ4v) is 2.05. The first-order chi connectivity index (χ1) is 7.91. The van der Waals surface area contributed by atoms with Crippen LogP contribution in [-0.4, -0.2) is 40.2 Å². The number of carbonyl (C=O) groups is 2. The third-order valence-electron chi connectivity index (χ3n) is 3.14. The number of amides is 2. The van der Waals surface area contributed by atoms with Crippen molar-refractivity contribution in [2.75, 3.05) is 0 Å². The SMILES string of the molecule is CC1CCCC(C)N1NC(=O)N[C@H](C)C(=O)O. The summed E-state index contributed by atoms with van der Waals surface area (Å²) in [6.07, 6.45) is 3.24. The zero-order valence-corrected chi connectivity index (χ0v) is 10.6. The summed E-state index contributed by atoms with van der Waals surface area (Å²) in [6.45, 7) is 5.54. The predicted molar refractivity (Wildman–Crippen MR) is 63.4 cm³/mol. The summed E-state index contributed by atoms with van der Waals surface area (Å²) in [5.41, 5.74) is 2.72. The lowest BCUT2D eigenvalue weighted by atomic mass is 10.00. The number of carboxylic acids is 1. The molecule has 0 radical (unpaired) electrons. The van der Waals surface area contributed by atoms with Crippen LogP contribution in [0.3, 0.4) is 0 Å². The van der Waals surface area contributed by atoms with Crippen LogP contribution in [0.1, 0.15) is 40.0 Å². The Bertz CT molecular complexity index is 286. The van der Waals surface area contributed by atoms with Gasteiger partial charge in [0.25, 0.3) is 0 Å². The topological polar surface area (TPSA) is 81.7 Å². The largest absolute Gasteiger partial charge is 0.480 e. The van der Waals surface area contributed by atoms with E-state index in [0.29, 0.717) is 0 Å². The van der Waals surface area contributed by atoms with E-state index in [9.17, 15) is 9.59 Å². The number of rotatable bonds is 3. The van der Waals surface area contributed by atoms with E-state index in [1.165, 1.54) is 6.92 Å². The summed E-state index contributed by atoms with van der Waals surface area (Å²) in [6, 6.07) is -0.778. The molecule has 3 N–H and O–H groups in total. The molecule has 6 nitrogen and oxygen atoms in total. The summed E-state index contributed by atoms with van der Waals surface area (Å²) >= 11 is 0. The molecule has 17 heavy (non-hydrogen) atoms. The van der Waals surface area contributed by atoms with Crippen LogP contribution in [0, 0.1) is 0 Å². The summed E-state index contributed by atoms with van der Waals surface area (Å²) < 4.78 is 0. The molecule has 1 aliphatic heterocycles. The number of aliphatic carboxylic acids is 1. The molecule has 0 aromatic rings. The van der Waals surface area contributed by atoms with Crippen molar-refractivity contribution >= 4 is 12.0 Å². The Morgan fingerprint density at radius 1 is 1.29 bits per heavy atom. The third kappa shape index (κ3) is 3.89. The summed E-state index contributed by atoms with van der Waals surface area (Å²) in [4.78, 5) is 22.2. The molecule has 0 aromatic heterocycles. The smallest absolute Gasteiger partial charge is 0.330 e. The highest BCUT2D eigenvalue weighted by molar-refractivity contribution is 5.81. The number of carbonyl (C=O) groups excluding carboxylic acids is 1. The van der Waals surface area contributed by atoms with E-state index in [1.54, 1.807) is 0 Å². The first-order valence-corrected chi connectivity index (χ1v) is 6.00. The summed E-state index contributed by atoms with van der Waals surface area (Å²) in [5.74, 6) is -1.04. The van der Waals surface area contributed by atoms with Crippen molar-refractivity contribution in [2.45, 2.75) is 58.2 Å². The molecular formula is C11H21N3O3. The fourth-order valence-electron chi connectivity index (χ4n) is 2.05. The van der Waals surface area contributed by atoms with Gasteiger partial charge >= 0.3 is 12.0 Å². The molecule has 0 bridgehead atoms. The second-order valence-electron chi connectivity index (χ2n) is 4.68. The first kappa shape index (κ1) is 13.8. The average molecular weight is 243 g/mol. The lowest BCUT2D eigenvalue weighted by Gasteiger charge is -2.38. The Morgan fingerprint density at radius 2 is 1.82 bits per heavy atom. The second-order valence-corrected chi connectivity index (χ2v) is 4.68. The molecule has 1 saturated heterocycles. The predicted octanol–water partition coefficient (Wildman–Crippen LogP) is 0.937. The van der Waals surface area contributed by atoms with Crippen molar-refractivity contribution in [2.24, 2.45) is 0 Å². The van der Waals surface area contributed by atoms with Gasteiger partial charge in [0, 0.05) is 12.1 Å². The maximum Gasteiger partial charge on any atom is 0.330 e. The monoisotopic (exact) mass is 243 g/mol. The Labute approximate surface area is 101 Å². The molecule has 0 saturated carbocycles. The molecule has 2 amide bonds. The van der Waals surface area contributed by atoms with Gasteiger partial charge in [-0.1, -0.05) is 6.42 Å². The first-order valence-electron chi connectivity index (χ1n) is 6.00. The van der Waals surface area contributed by atoms with E-state index in [4.69, 9.17) is 5.11 Å². The van der Waals surface area contributed by atoms with Crippen molar-refractivity contribution in [3.8, 4) is 0 Å². The number of nitrogens with one attached hydrogen (secondary N) is 2. The van der Waals surface area contributed by atoms with Gasteiger partial charge in [-0.2, -0.15) is 0 Å². The molecule has 0 spiro atoms. The molecule has 2 unspecified atom stereocenters. The van der Waals surface area contributed by atoms with E-state index >= 15 is 0 Å². The minimum absolute atomic E-state index is 0.282. The van der Waals surface area contributed by atoms with Crippen LogP contribution in [0.2, 0.25) is 0 Å². The van der Waals surface area contributed by atoms with Gasteiger partial charge in [0.05, 0.1) is 0 Å². The Hall–Kier alpha value is -1.30. The Balaban J connectivity index is 2.46. The fraction of sp³-hybridized carbons (Fsp3) is 0.818. The van der Waals surface area contributed by atoms with Crippen LogP contribution >= 0.6 is 0 Å². The zero-order chi connectivity index (χ0) is 13.0. The van der Waals surface area contributed by atoms with Crippen LogP contribution in [0.15, 0.2) is 0 Å². The molecular weight excluding hydrogens is 222 g/mol. The number of hydrogen-bond donors (Lipinski definition) is 3. The van der Waals surface area contributed by atoms with Crippen LogP contribution in [-0.2, 0) is 4.79 Å². The third-order valence-corrected chi connectivity index (χ3v) is 3.14. The van der Waals surface area contributed by atoms with Gasteiger partial charge < -0.3 is 10.4 Å². The maximum absolute atomic E-state index is 11.6. The molecule has 6 heteroatoms. The molecule has 1 aliphatic rings. The van der Waals surface area contributed by atoms with Crippen molar-refractivity contribution in [3.05, 3.63) is 0 Å². The van der Waals surface area contributed by atoms with Crippen LogP contribution < -0.4 is 10.7 Å². The Kier molecular flexibility index (Phi) is 4.74. The van der Waals surface area contributed by atoms with E-state index in [2.05, 4.69) is 24.6 Å². The number of hydrazine groups is 1. The van der Waals surface area contributed by atoms with Crippen molar-refractivity contribution in [1.82, 2.24) is 15.8 Å². The molecule has 1 fully saturated rings. The van der Waals surface area contributed by atoms with Gasteiger partial charge in [-0.25, -0.2) is 9.80 Å². The van der Waals surface area contributed by atoms with Gasteiger partial charge in [0.15, 0.2) is 0 Å². The van der Waals surface area contributed by atoms with E-state index < -0.39 is 18.0 Å². The highest BCUT2D eigenvalue weighted by Crippen LogP contribution is 2.19. The quantitative estimate of drug-likeness (QED) is 0.689. The molecule has 0 aliphatic carbocycles. The normalized spacial score (nSPS) is 27.2. The number of carboxylic acid groups (broad SMARTS) is 1.